The fourth-order valence-electron chi connectivity index (χ4n) is 4.66. The third-order valence-electron chi connectivity index (χ3n) is 6.58. The van der Waals surface area contributed by atoms with Crippen molar-refractivity contribution in [2.24, 2.45) is 0 Å². The van der Waals surface area contributed by atoms with E-state index in [-0.39, 0.29) is 11.5 Å². The van der Waals surface area contributed by atoms with Crippen LogP contribution in [0.25, 0.3) is 16.6 Å². The Labute approximate surface area is 223 Å². The van der Waals surface area contributed by atoms with E-state index < -0.39 is 6.04 Å². The van der Waals surface area contributed by atoms with Crippen molar-refractivity contribution in [3.63, 3.8) is 0 Å². The Kier molecular flexibility index (Phi) is 8.92. The van der Waals surface area contributed by atoms with Gasteiger partial charge in [0.05, 0.1) is 29.2 Å². The monoisotopic (exact) mass is 513 g/mol. The number of para-hydroxylation sites is 1. The van der Waals surface area contributed by atoms with Crippen molar-refractivity contribution in [1.82, 2.24) is 14.5 Å². The molecule has 0 aliphatic rings. The highest BCUT2D eigenvalue weighted by Crippen LogP contribution is 2.28. The molecule has 0 spiro atoms. The van der Waals surface area contributed by atoms with Gasteiger partial charge in [-0.1, -0.05) is 36.8 Å². The molecule has 0 aliphatic carbocycles. The summed E-state index contributed by atoms with van der Waals surface area (Å²) < 4.78 is 12.5. The predicted octanol–water partition coefficient (Wildman–Crippen LogP) is 5.72. The van der Waals surface area contributed by atoms with Gasteiger partial charge in [0.2, 0.25) is 0 Å². The van der Waals surface area contributed by atoms with Gasteiger partial charge in [0, 0.05) is 25.8 Å². The maximum atomic E-state index is 13.9. The number of benzene rings is 3. The molecular weight excluding hydrogens is 478 g/mol. The number of hydrogen-bond donors (Lipinski definition) is 0. The minimum Gasteiger partial charge on any atom is -0.494 e. The number of aromatic nitrogens is 2. The number of nitrogens with zero attached hydrogens (tertiary/aromatic N) is 3. The number of ether oxygens (including phenoxy) is 2. The highest BCUT2D eigenvalue weighted by molar-refractivity contribution is 5.94. The largest absolute Gasteiger partial charge is 0.494 e. The Morgan fingerprint density at radius 3 is 2.37 bits per heavy atom. The highest BCUT2D eigenvalue weighted by Gasteiger charge is 2.29. The summed E-state index contributed by atoms with van der Waals surface area (Å²) >= 11 is 0. The molecule has 198 valence electrons. The van der Waals surface area contributed by atoms with E-state index in [2.05, 4.69) is 0 Å². The molecule has 0 saturated carbocycles. The molecule has 3 aromatic carbocycles. The summed E-state index contributed by atoms with van der Waals surface area (Å²) in [5.41, 5.74) is 2.78. The fourth-order valence-corrected chi connectivity index (χ4v) is 4.66. The van der Waals surface area contributed by atoms with Crippen LogP contribution in [-0.2, 0) is 4.74 Å². The van der Waals surface area contributed by atoms with E-state index in [9.17, 15) is 9.59 Å². The third-order valence-corrected chi connectivity index (χ3v) is 6.58. The second kappa shape index (κ2) is 12.5. The Hall–Kier alpha value is -3.97. The fraction of sp³-hybridized carbons (Fsp3) is 0.323. The third kappa shape index (κ3) is 5.78. The Balaban J connectivity index is 1.89. The van der Waals surface area contributed by atoms with Gasteiger partial charge in [0.15, 0.2) is 0 Å². The summed E-state index contributed by atoms with van der Waals surface area (Å²) in [5, 5.41) is 0.524. The lowest BCUT2D eigenvalue weighted by Crippen LogP contribution is -2.39. The van der Waals surface area contributed by atoms with Crippen LogP contribution in [0.1, 0.15) is 54.5 Å². The van der Waals surface area contributed by atoms with Gasteiger partial charge in [-0.05, 0) is 75.2 Å². The van der Waals surface area contributed by atoms with Gasteiger partial charge < -0.3 is 14.4 Å². The van der Waals surface area contributed by atoms with Crippen LogP contribution < -0.4 is 10.3 Å². The summed E-state index contributed by atoms with van der Waals surface area (Å²) in [6.07, 6.45) is 1.23. The Morgan fingerprint density at radius 2 is 1.71 bits per heavy atom. The Morgan fingerprint density at radius 1 is 1.00 bits per heavy atom. The first-order valence-corrected chi connectivity index (χ1v) is 13.1. The van der Waals surface area contributed by atoms with Gasteiger partial charge >= 0.3 is 0 Å². The summed E-state index contributed by atoms with van der Waals surface area (Å²) in [7, 11) is 1.65. The average molecular weight is 514 g/mol. The van der Waals surface area contributed by atoms with Crippen molar-refractivity contribution >= 4 is 16.8 Å². The molecule has 1 atom stereocenters. The van der Waals surface area contributed by atoms with Crippen LogP contribution in [0.4, 0.5) is 0 Å². The zero-order valence-electron chi connectivity index (χ0n) is 22.5. The molecule has 7 nitrogen and oxygen atoms in total. The Bertz CT molecular complexity index is 1430. The van der Waals surface area contributed by atoms with Crippen LogP contribution in [0.5, 0.6) is 5.75 Å². The molecule has 1 aromatic heterocycles. The zero-order chi connectivity index (χ0) is 27.1. The molecule has 0 radical (unpaired) electrons. The molecule has 7 heteroatoms. The van der Waals surface area contributed by atoms with Crippen LogP contribution in [0.3, 0.4) is 0 Å². The number of hydrogen-bond acceptors (Lipinski definition) is 5. The minimum absolute atomic E-state index is 0.103. The van der Waals surface area contributed by atoms with Crippen LogP contribution in [-0.4, -0.2) is 47.2 Å². The number of rotatable bonds is 11. The van der Waals surface area contributed by atoms with E-state index in [4.69, 9.17) is 14.5 Å². The SMILES string of the molecule is CCOc1ccc(-n2c(C(CC)N(CCCOC)C(=O)c3ccc(C)cc3)nc3ccccc3c2=O)cc1. The molecule has 4 rings (SSSR count). The highest BCUT2D eigenvalue weighted by atomic mass is 16.5. The van der Waals surface area contributed by atoms with Crippen molar-refractivity contribution in [2.45, 2.75) is 39.7 Å². The quantitative estimate of drug-likeness (QED) is 0.240. The first-order valence-electron chi connectivity index (χ1n) is 13.1. The predicted molar refractivity (Wildman–Crippen MR) is 150 cm³/mol. The van der Waals surface area contributed by atoms with Crippen LogP contribution >= 0.6 is 0 Å². The number of methoxy groups -OCH3 is 1. The molecule has 0 fully saturated rings. The summed E-state index contributed by atoms with van der Waals surface area (Å²) in [6, 6.07) is 21.9. The summed E-state index contributed by atoms with van der Waals surface area (Å²) in [6.45, 7) is 7.47. The van der Waals surface area contributed by atoms with Crippen molar-refractivity contribution in [3.05, 3.63) is 100 Å². The second-order valence-electron chi connectivity index (χ2n) is 9.19. The van der Waals surface area contributed by atoms with Crippen molar-refractivity contribution in [3.8, 4) is 11.4 Å². The molecule has 38 heavy (non-hydrogen) atoms. The second-order valence-corrected chi connectivity index (χ2v) is 9.19. The van der Waals surface area contributed by atoms with E-state index in [1.807, 2.05) is 92.4 Å². The molecule has 0 N–H and O–H groups in total. The maximum Gasteiger partial charge on any atom is 0.266 e. The molecule has 1 heterocycles. The zero-order valence-corrected chi connectivity index (χ0v) is 22.5. The molecule has 0 bridgehead atoms. The van der Waals surface area contributed by atoms with E-state index in [1.54, 1.807) is 17.7 Å². The minimum atomic E-state index is -0.440. The van der Waals surface area contributed by atoms with Gasteiger partial charge in [-0.3, -0.25) is 14.2 Å². The van der Waals surface area contributed by atoms with Crippen LogP contribution in [0.2, 0.25) is 0 Å². The molecule has 0 saturated heterocycles. The van der Waals surface area contributed by atoms with Crippen molar-refractivity contribution in [1.29, 1.82) is 0 Å². The maximum absolute atomic E-state index is 13.9. The van der Waals surface area contributed by atoms with E-state index in [1.165, 1.54) is 0 Å². The summed E-state index contributed by atoms with van der Waals surface area (Å²) in [4.78, 5) is 34.6. The number of fused-ring (bicyclic) bond motifs is 1. The smallest absolute Gasteiger partial charge is 0.266 e. The lowest BCUT2D eigenvalue weighted by Gasteiger charge is -2.32. The number of aryl methyl sites for hydroxylation is 1. The topological polar surface area (TPSA) is 73.7 Å². The molecule has 4 aromatic rings. The van der Waals surface area contributed by atoms with E-state index >= 15 is 0 Å². The van der Waals surface area contributed by atoms with Gasteiger partial charge in [0.1, 0.15) is 11.6 Å². The molecule has 1 unspecified atom stereocenters. The number of amides is 1. The number of carbonyl (C=O) groups excluding carboxylic acids is 1. The lowest BCUT2D eigenvalue weighted by molar-refractivity contribution is 0.0634. The summed E-state index contributed by atoms with van der Waals surface area (Å²) in [5.74, 6) is 1.15. The van der Waals surface area contributed by atoms with Crippen LogP contribution in [0.15, 0.2) is 77.6 Å². The van der Waals surface area contributed by atoms with Crippen LogP contribution in [0, 0.1) is 6.92 Å². The van der Waals surface area contributed by atoms with Gasteiger partial charge in [-0.15, -0.1) is 0 Å². The molecular formula is C31H35N3O4. The number of carbonyl (C=O) groups is 1. The lowest BCUT2D eigenvalue weighted by atomic mass is 10.1. The standard InChI is InChI=1S/C31H35N3O4/c1-5-28(33(20-9-21-37-4)30(35)23-14-12-22(3)13-15-23)29-32-27-11-8-7-10-26(27)31(36)34(29)24-16-18-25(19-17-24)38-6-2/h7-8,10-19,28H,5-6,9,20-21H2,1-4H3. The van der Waals surface area contributed by atoms with Gasteiger partial charge in [0.25, 0.3) is 11.5 Å². The van der Waals surface area contributed by atoms with Crippen molar-refractivity contribution in [2.75, 3.05) is 26.9 Å². The van der Waals surface area contributed by atoms with E-state index in [0.717, 1.165) is 11.3 Å². The first kappa shape index (κ1) is 27.1. The van der Waals surface area contributed by atoms with Gasteiger partial charge in [-0.25, -0.2) is 4.98 Å². The van der Waals surface area contributed by atoms with Gasteiger partial charge in [-0.2, -0.15) is 0 Å². The molecule has 0 aliphatic heterocycles. The normalized spacial score (nSPS) is 11.9. The first-order chi connectivity index (χ1) is 18.5. The van der Waals surface area contributed by atoms with E-state index in [0.29, 0.717) is 60.6 Å². The average Bonchev–Trinajstić information content (AvgIpc) is 2.94. The molecule has 1 amide bonds. The van der Waals surface area contributed by atoms with Crippen molar-refractivity contribution < 1.29 is 14.3 Å².